The standard InChI is InChI=1S/C52H77NO5/c1-7-8-9-10-13-21-39-57-49(55)25-15-11-12-17-35-53(37-19-20-38-54)36-18-14-16-26-50(56)58-44-31-33-51(5)43(40-44)27-28-45-47-30-29-46(42(4)24-22-23-41(2)3)52(47,6)34-32-48(45)51/h1,27,41-42,44-48,54H,11-12,14-20,22-26,28-38,40H2,2-6H3. The zero-order valence-electron chi connectivity index (χ0n) is 37.1. The third-order valence-electron chi connectivity index (χ3n) is 14.9. The van der Waals surface area contributed by atoms with Gasteiger partial charge in [0.15, 0.2) is 0 Å². The lowest BCUT2D eigenvalue weighted by Gasteiger charge is -2.58. The highest BCUT2D eigenvalue weighted by atomic mass is 16.5. The Morgan fingerprint density at radius 1 is 0.793 bits per heavy atom. The van der Waals surface area contributed by atoms with Gasteiger partial charge in [-0.1, -0.05) is 84.8 Å². The first-order valence-electron chi connectivity index (χ1n) is 23.4. The molecular formula is C52H77NO5. The maximum absolute atomic E-state index is 13.0. The number of carbonyl (C=O) groups is 2. The molecule has 6 nitrogen and oxygen atoms in total. The van der Waals surface area contributed by atoms with Gasteiger partial charge in [0, 0.05) is 43.6 Å². The molecule has 0 amide bonds. The van der Waals surface area contributed by atoms with Gasteiger partial charge in [0.25, 0.3) is 0 Å². The van der Waals surface area contributed by atoms with Crippen molar-refractivity contribution in [1.82, 2.24) is 4.90 Å². The molecule has 4 aliphatic rings. The molecule has 0 aliphatic heterocycles. The number of unbranched alkanes of at least 4 members (excludes halogenated alkanes) is 6. The molecule has 0 bridgehead atoms. The highest BCUT2D eigenvalue weighted by Gasteiger charge is 2.59. The van der Waals surface area contributed by atoms with Crippen LogP contribution in [0.1, 0.15) is 176 Å². The number of rotatable bonds is 23. The largest absolute Gasteiger partial charge is 0.462 e. The Balaban J connectivity index is 1.12. The summed E-state index contributed by atoms with van der Waals surface area (Å²) in [7, 11) is 0. The molecule has 0 spiro atoms. The summed E-state index contributed by atoms with van der Waals surface area (Å²) in [6.07, 6.45) is 33.5. The number of hydrogen-bond donors (Lipinski definition) is 1. The monoisotopic (exact) mass is 796 g/mol. The highest BCUT2D eigenvalue weighted by Crippen LogP contribution is 2.67. The Hall–Kier alpha value is -3.16. The first-order valence-corrected chi connectivity index (χ1v) is 23.4. The average molecular weight is 796 g/mol. The molecule has 0 radical (unpaired) electrons. The van der Waals surface area contributed by atoms with Crippen LogP contribution in [0.15, 0.2) is 11.6 Å². The number of esters is 2. The molecule has 3 fully saturated rings. The van der Waals surface area contributed by atoms with Gasteiger partial charge >= 0.3 is 11.9 Å². The summed E-state index contributed by atoms with van der Waals surface area (Å²) in [6, 6.07) is 0. The third-order valence-corrected chi connectivity index (χ3v) is 14.9. The van der Waals surface area contributed by atoms with Gasteiger partial charge in [-0.15, -0.1) is 6.42 Å². The van der Waals surface area contributed by atoms with Gasteiger partial charge in [0.2, 0.25) is 0 Å². The number of ether oxygens (including phenoxy) is 2. The van der Waals surface area contributed by atoms with E-state index in [1.165, 1.54) is 51.4 Å². The van der Waals surface area contributed by atoms with Crippen molar-refractivity contribution in [2.75, 3.05) is 26.2 Å². The molecule has 320 valence electrons. The number of allylic oxidation sites excluding steroid dienone is 1. The Morgan fingerprint density at radius 2 is 1.47 bits per heavy atom. The lowest BCUT2D eigenvalue weighted by atomic mass is 9.47. The molecule has 8 unspecified atom stereocenters. The highest BCUT2D eigenvalue weighted by molar-refractivity contribution is 5.70. The Labute approximate surface area is 354 Å². The summed E-state index contributed by atoms with van der Waals surface area (Å²) < 4.78 is 11.0. The topological polar surface area (TPSA) is 76.1 Å². The molecule has 0 aromatic heterocycles. The predicted molar refractivity (Wildman–Crippen MR) is 235 cm³/mol. The van der Waals surface area contributed by atoms with Gasteiger partial charge in [-0.05, 0) is 167 Å². The summed E-state index contributed by atoms with van der Waals surface area (Å²) in [5.74, 6) is 19.0. The van der Waals surface area contributed by atoms with Gasteiger partial charge < -0.3 is 19.5 Å². The van der Waals surface area contributed by atoms with Crippen LogP contribution in [0, 0.1) is 94.4 Å². The summed E-state index contributed by atoms with van der Waals surface area (Å²) in [5.41, 5.74) is 2.38. The van der Waals surface area contributed by atoms with Crippen molar-refractivity contribution < 1.29 is 24.2 Å². The maximum atomic E-state index is 13.0. The van der Waals surface area contributed by atoms with Crippen molar-refractivity contribution in [3.8, 4) is 48.1 Å². The van der Waals surface area contributed by atoms with E-state index in [9.17, 15) is 14.7 Å². The molecule has 6 heteroatoms. The van der Waals surface area contributed by atoms with E-state index < -0.39 is 0 Å². The number of fused-ring (bicyclic) bond motifs is 5. The quantitative estimate of drug-likeness (QED) is 0.0480. The van der Waals surface area contributed by atoms with Crippen LogP contribution < -0.4 is 0 Å². The molecule has 8 atom stereocenters. The maximum Gasteiger partial charge on any atom is 0.319 e. The van der Waals surface area contributed by atoms with Crippen molar-refractivity contribution in [3.05, 3.63) is 11.6 Å². The number of hydrogen-bond acceptors (Lipinski definition) is 6. The number of terminal acetylenes is 1. The van der Waals surface area contributed by atoms with E-state index >= 15 is 0 Å². The summed E-state index contributed by atoms with van der Waals surface area (Å²) >= 11 is 0. The van der Waals surface area contributed by atoms with Crippen LogP contribution in [0.3, 0.4) is 0 Å². The fourth-order valence-corrected chi connectivity index (χ4v) is 11.8. The van der Waals surface area contributed by atoms with Crippen molar-refractivity contribution >= 4 is 11.9 Å². The molecule has 4 aliphatic carbocycles. The van der Waals surface area contributed by atoms with Gasteiger partial charge in [0.1, 0.15) is 12.2 Å². The van der Waals surface area contributed by atoms with Crippen LogP contribution in [0.5, 0.6) is 0 Å². The van der Waals surface area contributed by atoms with Gasteiger partial charge in [-0.3, -0.25) is 9.59 Å². The summed E-state index contributed by atoms with van der Waals surface area (Å²) in [6.45, 7) is 15.7. The Morgan fingerprint density at radius 3 is 2.19 bits per heavy atom. The minimum absolute atomic E-state index is 0.0221. The second-order valence-electron chi connectivity index (χ2n) is 19.2. The third kappa shape index (κ3) is 14.2. The molecule has 1 N–H and O–H groups in total. The van der Waals surface area contributed by atoms with Crippen LogP contribution in [0.2, 0.25) is 0 Å². The zero-order valence-corrected chi connectivity index (χ0v) is 37.1. The van der Waals surface area contributed by atoms with E-state index in [0.29, 0.717) is 18.3 Å². The van der Waals surface area contributed by atoms with E-state index in [1.54, 1.807) is 5.57 Å². The van der Waals surface area contributed by atoms with Gasteiger partial charge in [0.05, 0.1) is 0 Å². The average Bonchev–Trinajstić information content (AvgIpc) is 3.55. The zero-order chi connectivity index (χ0) is 41.8. The lowest BCUT2D eigenvalue weighted by Crippen LogP contribution is -2.51. The van der Waals surface area contributed by atoms with Crippen LogP contribution >= 0.6 is 0 Å². The first-order chi connectivity index (χ1) is 28.0. The van der Waals surface area contributed by atoms with Gasteiger partial charge in [-0.2, -0.15) is 0 Å². The van der Waals surface area contributed by atoms with E-state index in [0.717, 1.165) is 132 Å². The van der Waals surface area contributed by atoms with Crippen LogP contribution in [0.25, 0.3) is 0 Å². The smallest absolute Gasteiger partial charge is 0.319 e. The molecule has 3 saturated carbocycles. The minimum atomic E-state index is -0.346. The van der Waals surface area contributed by atoms with Crippen molar-refractivity contribution in [2.24, 2.45) is 46.3 Å². The predicted octanol–water partition coefficient (Wildman–Crippen LogP) is 10.7. The molecule has 0 saturated heterocycles. The number of nitrogens with zero attached hydrogens (tertiary/aromatic N) is 1. The lowest BCUT2D eigenvalue weighted by molar-refractivity contribution is -0.151. The molecule has 58 heavy (non-hydrogen) atoms. The van der Waals surface area contributed by atoms with Crippen molar-refractivity contribution in [2.45, 2.75) is 182 Å². The van der Waals surface area contributed by atoms with Crippen molar-refractivity contribution in [1.29, 1.82) is 0 Å². The van der Waals surface area contributed by atoms with E-state index in [-0.39, 0.29) is 30.1 Å². The second kappa shape index (κ2) is 24.8. The van der Waals surface area contributed by atoms with E-state index in [1.807, 2.05) is 0 Å². The summed E-state index contributed by atoms with van der Waals surface area (Å²) in [5, 5.41) is 9.30. The van der Waals surface area contributed by atoms with Crippen molar-refractivity contribution in [3.63, 3.8) is 0 Å². The van der Waals surface area contributed by atoms with Gasteiger partial charge in [-0.25, -0.2) is 0 Å². The number of aliphatic hydroxyl groups excluding tert-OH is 1. The molecule has 0 aromatic rings. The Kier molecular flexibility index (Phi) is 20.3. The number of carbonyl (C=O) groups excluding carboxylic acids is 2. The normalized spacial score (nSPS) is 27.5. The fraction of sp³-hybridized carbons (Fsp3) is 0.769. The SMILES string of the molecule is C#CC#CC#CC#COC(=O)CCCCCCN(CCCCO)CCCCCC(=O)OC1CCC2(C)C(=CCC3C2CCC2(C)C(C(C)CCCC(C)C)CCC32)C1. The fourth-order valence-electron chi connectivity index (χ4n) is 11.8. The number of aliphatic hydroxyl groups is 1. The van der Waals surface area contributed by atoms with E-state index in [2.05, 4.69) is 87.2 Å². The first kappa shape index (κ1) is 47.5. The van der Waals surface area contributed by atoms with Crippen LogP contribution in [0.4, 0.5) is 0 Å². The minimum Gasteiger partial charge on any atom is -0.462 e. The van der Waals surface area contributed by atoms with Crippen LogP contribution in [-0.2, 0) is 19.1 Å². The Bertz CT molecular complexity index is 1570. The van der Waals surface area contributed by atoms with E-state index in [4.69, 9.17) is 15.9 Å². The molecular weight excluding hydrogens is 719 g/mol. The molecule has 0 aromatic carbocycles. The molecule has 4 rings (SSSR count). The summed E-state index contributed by atoms with van der Waals surface area (Å²) in [4.78, 5) is 27.4. The van der Waals surface area contributed by atoms with Crippen LogP contribution in [-0.4, -0.2) is 54.3 Å². The second-order valence-corrected chi connectivity index (χ2v) is 19.2. The molecule has 0 heterocycles.